The molecule has 1 aliphatic heterocycles. The van der Waals surface area contributed by atoms with Crippen molar-refractivity contribution in [3.63, 3.8) is 0 Å². The fourth-order valence-electron chi connectivity index (χ4n) is 2.83. The number of fused-ring (bicyclic) bond motifs is 1. The Morgan fingerprint density at radius 3 is 2.88 bits per heavy atom. The number of hydrogen-bond acceptors (Lipinski definition) is 3. The number of hydrogen-bond donors (Lipinski definition) is 1. The first-order chi connectivity index (χ1) is 8.34. The lowest BCUT2D eigenvalue weighted by molar-refractivity contribution is 0.107. The minimum absolute atomic E-state index is 0.00951. The van der Waals surface area contributed by atoms with Crippen LogP contribution in [0.1, 0.15) is 55.1 Å². The van der Waals surface area contributed by atoms with Crippen LogP contribution in [0, 0.1) is 0 Å². The van der Waals surface area contributed by atoms with Crippen molar-refractivity contribution in [2.75, 3.05) is 6.61 Å². The second kappa shape index (κ2) is 4.61. The van der Waals surface area contributed by atoms with Crippen LogP contribution in [0.15, 0.2) is 4.79 Å². The van der Waals surface area contributed by atoms with Gasteiger partial charge >= 0.3 is 0 Å². The Bertz CT molecular complexity index is 461. The van der Waals surface area contributed by atoms with Crippen molar-refractivity contribution in [2.24, 2.45) is 0 Å². The average molecular weight is 234 g/mol. The molecule has 0 spiro atoms. The summed E-state index contributed by atoms with van der Waals surface area (Å²) in [6.07, 6.45) is 6.94. The molecule has 2 aliphatic rings. The summed E-state index contributed by atoms with van der Waals surface area (Å²) in [7, 11) is 0. The van der Waals surface area contributed by atoms with Gasteiger partial charge < -0.3 is 9.72 Å². The highest BCUT2D eigenvalue weighted by Gasteiger charge is 2.21. The third kappa shape index (κ3) is 2.14. The summed E-state index contributed by atoms with van der Waals surface area (Å²) in [4.78, 5) is 19.6. The van der Waals surface area contributed by atoms with E-state index >= 15 is 0 Å². The summed E-state index contributed by atoms with van der Waals surface area (Å²) < 4.78 is 5.30. The summed E-state index contributed by atoms with van der Waals surface area (Å²) in [5.41, 5.74) is 1.70. The molecule has 0 bridgehead atoms. The standard InChI is InChI=1S/C13H18N2O2/c16-13-10-8-17-7-6-11(10)14-12(15-13)9-4-2-1-3-5-9/h9H,1-8H2,(H,14,15,16). The highest BCUT2D eigenvalue weighted by atomic mass is 16.5. The number of rotatable bonds is 1. The zero-order valence-corrected chi connectivity index (χ0v) is 10.00. The number of nitrogens with one attached hydrogen (secondary N) is 1. The highest BCUT2D eigenvalue weighted by Crippen LogP contribution is 2.30. The molecular formula is C13H18N2O2. The van der Waals surface area contributed by atoms with Gasteiger partial charge in [-0.2, -0.15) is 0 Å². The summed E-state index contributed by atoms with van der Waals surface area (Å²) in [5.74, 6) is 1.37. The zero-order chi connectivity index (χ0) is 11.7. The molecule has 0 atom stereocenters. The van der Waals surface area contributed by atoms with E-state index in [0.29, 0.717) is 19.1 Å². The monoisotopic (exact) mass is 234 g/mol. The normalized spacial score (nSPS) is 21.2. The molecule has 1 N–H and O–H groups in total. The van der Waals surface area contributed by atoms with E-state index in [2.05, 4.69) is 9.97 Å². The molecule has 0 radical (unpaired) electrons. The molecule has 1 aromatic heterocycles. The second-order valence-electron chi connectivity index (χ2n) is 5.01. The quantitative estimate of drug-likeness (QED) is 0.807. The van der Waals surface area contributed by atoms with Gasteiger partial charge in [0.1, 0.15) is 5.82 Å². The average Bonchev–Trinajstić information content (AvgIpc) is 2.40. The molecule has 92 valence electrons. The van der Waals surface area contributed by atoms with Gasteiger partial charge in [-0.1, -0.05) is 19.3 Å². The molecule has 1 saturated carbocycles. The maximum Gasteiger partial charge on any atom is 0.256 e. The van der Waals surface area contributed by atoms with E-state index < -0.39 is 0 Å². The van der Waals surface area contributed by atoms with Crippen molar-refractivity contribution in [1.29, 1.82) is 0 Å². The third-order valence-corrected chi connectivity index (χ3v) is 3.84. The van der Waals surface area contributed by atoms with Crippen molar-refractivity contribution in [2.45, 2.75) is 51.0 Å². The Hall–Kier alpha value is -1.16. The molecule has 0 saturated heterocycles. The molecule has 2 heterocycles. The van der Waals surface area contributed by atoms with Gasteiger partial charge in [-0.05, 0) is 12.8 Å². The molecule has 3 rings (SSSR count). The first-order valence-electron chi connectivity index (χ1n) is 6.54. The van der Waals surface area contributed by atoms with Gasteiger partial charge in [0.15, 0.2) is 0 Å². The van der Waals surface area contributed by atoms with Crippen molar-refractivity contribution in [3.05, 3.63) is 27.4 Å². The molecule has 1 aliphatic carbocycles. The number of aromatic nitrogens is 2. The molecule has 1 aromatic rings. The fraction of sp³-hybridized carbons (Fsp3) is 0.692. The second-order valence-corrected chi connectivity index (χ2v) is 5.01. The molecular weight excluding hydrogens is 216 g/mol. The van der Waals surface area contributed by atoms with E-state index in [4.69, 9.17) is 4.74 Å². The Balaban J connectivity index is 1.95. The van der Waals surface area contributed by atoms with Crippen LogP contribution in [0.2, 0.25) is 0 Å². The first kappa shape index (κ1) is 11.0. The predicted molar refractivity (Wildman–Crippen MR) is 64.0 cm³/mol. The van der Waals surface area contributed by atoms with E-state index in [-0.39, 0.29) is 5.56 Å². The van der Waals surface area contributed by atoms with Crippen molar-refractivity contribution in [1.82, 2.24) is 9.97 Å². The Morgan fingerprint density at radius 1 is 1.24 bits per heavy atom. The summed E-state index contributed by atoms with van der Waals surface area (Å²) in [5, 5.41) is 0. The van der Waals surface area contributed by atoms with Crippen LogP contribution >= 0.6 is 0 Å². The van der Waals surface area contributed by atoms with Crippen molar-refractivity contribution < 1.29 is 4.74 Å². The van der Waals surface area contributed by atoms with Gasteiger partial charge in [0.2, 0.25) is 0 Å². The lowest BCUT2D eigenvalue weighted by Crippen LogP contribution is -2.26. The summed E-state index contributed by atoms with van der Waals surface area (Å²) >= 11 is 0. The van der Waals surface area contributed by atoms with Crippen LogP contribution in [-0.2, 0) is 17.8 Å². The lowest BCUT2D eigenvalue weighted by Gasteiger charge is -2.22. The van der Waals surface area contributed by atoms with Crippen molar-refractivity contribution >= 4 is 0 Å². The van der Waals surface area contributed by atoms with Crippen LogP contribution < -0.4 is 5.56 Å². The smallest absolute Gasteiger partial charge is 0.256 e. The van der Waals surface area contributed by atoms with Crippen LogP contribution in [0.5, 0.6) is 0 Å². The van der Waals surface area contributed by atoms with Gasteiger partial charge in [0.05, 0.1) is 24.5 Å². The minimum atomic E-state index is 0.00951. The van der Waals surface area contributed by atoms with Gasteiger partial charge in [-0.3, -0.25) is 4.79 Å². The number of ether oxygens (including phenoxy) is 1. The summed E-state index contributed by atoms with van der Waals surface area (Å²) in [6, 6.07) is 0. The largest absolute Gasteiger partial charge is 0.376 e. The Morgan fingerprint density at radius 2 is 2.06 bits per heavy atom. The molecule has 0 amide bonds. The molecule has 0 unspecified atom stereocenters. The van der Waals surface area contributed by atoms with Gasteiger partial charge in [0.25, 0.3) is 5.56 Å². The summed E-state index contributed by atoms with van der Waals surface area (Å²) in [6.45, 7) is 1.11. The number of aromatic amines is 1. The third-order valence-electron chi connectivity index (χ3n) is 3.84. The van der Waals surface area contributed by atoms with E-state index in [1.165, 1.54) is 19.3 Å². The SMILES string of the molecule is O=c1[nH]c(C2CCCCC2)nc2c1COCC2. The molecule has 4 nitrogen and oxygen atoms in total. The maximum atomic E-state index is 12.0. The molecule has 17 heavy (non-hydrogen) atoms. The van der Waals surface area contributed by atoms with Crippen LogP contribution in [0.4, 0.5) is 0 Å². The van der Waals surface area contributed by atoms with Gasteiger partial charge in [-0.15, -0.1) is 0 Å². The maximum absolute atomic E-state index is 12.0. The minimum Gasteiger partial charge on any atom is -0.376 e. The predicted octanol–water partition coefficient (Wildman–Crippen LogP) is 1.89. The van der Waals surface area contributed by atoms with E-state index in [1.807, 2.05) is 0 Å². The molecule has 0 aromatic carbocycles. The van der Waals surface area contributed by atoms with E-state index in [1.54, 1.807) is 0 Å². The first-order valence-corrected chi connectivity index (χ1v) is 6.54. The highest BCUT2D eigenvalue weighted by molar-refractivity contribution is 5.20. The van der Waals surface area contributed by atoms with Gasteiger partial charge in [0, 0.05) is 12.3 Å². The van der Waals surface area contributed by atoms with E-state index in [9.17, 15) is 4.79 Å². The molecule has 4 heteroatoms. The van der Waals surface area contributed by atoms with Crippen LogP contribution in [-0.4, -0.2) is 16.6 Å². The Kier molecular flexibility index (Phi) is 2.97. The van der Waals surface area contributed by atoms with E-state index in [0.717, 1.165) is 36.3 Å². The van der Waals surface area contributed by atoms with Crippen LogP contribution in [0.25, 0.3) is 0 Å². The number of nitrogens with zero attached hydrogens (tertiary/aromatic N) is 1. The fourth-order valence-corrected chi connectivity index (χ4v) is 2.83. The molecule has 1 fully saturated rings. The lowest BCUT2D eigenvalue weighted by atomic mass is 9.88. The van der Waals surface area contributed by atoms with Crippen molar-refractivity contribution in [3.8, 4) is 0 Å². The zero-order valence-electron chi connectivity index (χ0n) is 10.00. The topological polar surface area (TPSA) is 55.0 Å². The van der Waals surface area contributed by atoms with Crippen LogP contribution in [0.3, 0.4) is 0 Å². The van der Waals surface area contributed by atoms with Gasteiger partial charge in [-0.25, -0.2) is 4.98 Å². The number of H-pyrrole nitrogens is 1. The Labute approximate surface area is 100 Å².